The number of hydrogen-bond acceptors (Lipinski definition) is 5. The van der Waals surface area contributed by atoms with E-state index in [0.29, 0.717) is 24.3 Å². The molecule has 8 nitrogen and oxygen atoms in total. The second-order valence-electron chi connectivity index (χ2n) is 6.36. The normalized spacial score (nSPS) is 15.2. The molecule has 2 aromatic carbocycles. The first-order chi connectivity index (χ1) is 13.4. The predicted octanol–water partition coefficient (Wildman–Crippen LogP) is 0.731. The Morgan fingerprint density at radius 2 is 1.54 bits per heavy atom. The number of piperazine rings is 1. The number of nitrogens with one attached hydrogen (secondary N) is 1. The maximum absolute atomic E-state index is 12.6. The standard InChI is InChI=1S/C19H22N4O4S/c20-19(25)16-8-4-5-9-17(16)21-14-18(24)22-10-12-23(13-11-22)28(26,27)15-6-2-1-3-7-15/h1-9,21H,10-14H2,(H2,20,25). The van der Waals surface area contributed by atoms with E-state index in [0.717, 1.165) is 0 Å². The van der Waals surface area contributed by atoms with Crippen LogP contribution in [0, 0.1) is 0 Å². The summed E-state index contributed by atoms with van der Waals surface area (Å²) in [6.45, 7) is 1.09. The van der Waals surface area contributed by atoms with Gasteiger partial charge in [0.15, 0.2) is 0 Å². The number of amides is 2. The number of para-hydroxylation sites is 1. The molecule has 0 radical (unpaired) electrons. The number of carbonyl (C=O) groups excluding carboxylic acids is 2. The maximum atomic E-state index is 12.6. The van der Waals surface area contributed by atoms with Crippen LogP contribution in [0.15, 0.2) is 59.5 Å². The summed E-state index contributed by atoms with van der Waals surface area (Å²) in [5, 5.41) is 2.94. The topological polar surface area (TPSA) is 113 Å². The minimum absolute atomic E-state index is 0.00424. The van der Waals surface area contributed by atoms with Crippen molar-refractivity contribution in [3.8, 4) is 0 Å². The molecule has 1 fully saturated rings. The van der Waals surface area contributed by atoms with Gasteiger partial charge in [0.25, 0.3) is 5.91 Å². The summed E-state index contributed by atoms with van der Waals surface area (Å²) in [4.78, 5) is 25.8. The first-order valence-electron chi connectivity index (χ1n) is 8.85. The molecule has 3 rings (SSSR count). The van der Waals surface area contributed by atoms with Crippen LogP contribution in [0.1, 0.15) is 10.4 Å². The van der Waals surface area contributed by atoms with E-state index in [9.17, 15) is 18.0 Å². The van der Waals surface area contributed by atoms with E-state index < -0.39 is 15.9 Å². The molecule has 0 unspecified atom stereocenters. The lowest BCUT2D eigenvalue weighted by Crippen LogP contribution is -2.51. The Balaban J connectivity index is 1.57. The zero-order valence-electron chi connectivity index (χ0n) is 15.2. The summed E-state index contributed by atoms with van der Waals surface area (Å²) in [6, 6.07) is 15.0. The number of anilines is 1. The molecular weight excluding hydrogens is 380 g/mol. The van der Waals surface area contributed by atoms with Crippen molar-refractivity contribution in [1.82, 2.24) is 9.21 Å². The highest BCUT2D eigenvalue weighted by atomic mass is 32.2. The molecule has 0 atom stereocenters. The molecule has 9 heteroatoms. The number of hydrogen-bond donors (Lipinski definition) is 2. The van der Waals surface area contributed by atoms with Crippen LogP contribution in [0.25, 0.3) is 0 Å². The summed E-state index contributed by atoms with van der Waals surface area (Å²) >= 11 is 0. The molecule has 1 heterocycles. The highest BCUT2D eigenvalue weighted by molar-refractivity contribution is 7.89. The third-order valence-corrected chi connectivity index (χ3v) is 6.51. The van der Waals surface area contributed by atoms with Crippen LogP contribution in [0.5, 0.6) is 0 Å². The fourth-order valence-electron chi connectivity index (χ4n) is 3.05. The zero-order valence-corrected chi connectivity index (χ0v) is 16.1. The van der Waals surface area contributed by atoms with Gasteiger partial charge in [0.05, 0.1) is 17.0 Å². The van der Waals surface area contributed by atoms with Gasteiger partial charge in [0.1, 0.15) is 0 Å². The Kier molecular flexibility index (Phi) is 5.96. The Morgan fingerprint density at radius 1 is 0.929 bits per heavy atom. The van der Waals surface area contributed by atoms with Crippen molar-refractivity contribution in [3.63, 3.8) is 0 Å². The minimum Gasteiger partial charge on any atom is -0.376 e. The first kappa shape index (κ1) is 19.8. The fourth-order valence-corrected chi connectivity index (χ4v) is 4.50. The van der Waals surface area contributed by atoms with E-state index >= 15 is 0 Å². The van der Waals surface area contributed by atoms with Crippen molar-refractivity contribution in [1.29, 1.82) is 0 Å². The number of rotatable bonds is 6. The zero-order chi connectivity index (χ0) is 20.1. The Hall–Kier alpha value is -2.91. The second kappa shape index (κ2) is 8.41. The fraction of sp³-hybridized carbons (Fsp3) is 0.263. The minimum atomic E-state index is -3.55. The van der Waals surface area contributed by atoms with E-state index in [-0.39, 0.29) is 30.4 Å². The van der Waals surface area contributed by atoms with Gasteiger partial charge in [-0.25, -0.2) is 8.42 Å². The molecule has 0 bridgehead atoms. The third-order valence-electron chi connectivity index (χ3n) is 4.59. The van der Waals surface area contributed by atoms with Crippen LogP contribution in [-0.4, -0.2) is 62.2 Å². The average molecular weight is 402 g/mol. The lowest BCUT2D eigenvalue weighted by atomic mass is 10.1. The molecule has 2 aromatic rings. The summed E-state index contributed by atoms with van der Waals surface area (Å²) in [5.74, 6) is -0.744. The van der Waals surface area contributed by atoms with Crippen LogP contribution in [-0.2, 0) is 14.8 Å². The number of carbonyl (C=O) groups is 2. The molecule has 28 heavy (non-hydrogen) atoms. The molecule has 0 spiro atoms. The molecule has 148 valence electrons. The van der Waals surface area contributed by atoms with Crippen molar-refractivity contribution in [2.24, 2.45) is 5.73 Å². The number of benzene rings is 2. The smallest absolute Gasteiger partial charge is 0.250 e. The monoisotopic (exact) mass is 402 g/mol. The van der Waals surface area contributed by atoms with Crippen LogP contribution in [0.4, 0.5) is 5.69 Å². The van der Waals surface area contributed by atoms with Crippen molar-refractivity contribution in [3.05, 3.63) is 60.2 Å². The molecule has 1 aliphatic heterocycles. The summed E-state index contributed by atoms with van der Waals surface area (Å²) in [6.07, 6.45) is 0. The van der Waals surface area contributed by atoms with Gasteiger partial charge in [-0.1, -0.05) is 30.3 Å². The van der Waals surface area contributed by atoms with Gasteiger partial charge in [0, 0.05) is 31.9 Å². The van der Waals surface area contributed by atoms with Crippen LogP contribution in [0.3, 0.4) is 0 Å². The molecule has 1 saturated heterocycles. The van der Waals surface area contributed by atoms with Crippen molar-refractivity contribution >= 4 is 27.5 Å². The average Bonchev–Trinajstić information content (AvgIpc) is 2.73. The molecule has 1 aliphatic rings. The van der Waals surface area contributed by atoms with Gasteiger partial charge >= 0.3 is 0 Å². The molecule has 0 aromatic heterocycles. The van der Waals surface area contributed by atoms with E-state index in [4.69, 9.17) is 5.73 Å². The van der Waals surface area contributed by atoms with Crippen molar-refractivity contribution in [2.45, 2.75) is 4.90 Å². The highest BCUT2D eigenvalue weighted by Gasteiger charge is 2.29. The second-order valence-corrected chi connectivity index (χ2v) is 8.30. The summed E-state index contributed by atoms with van der Waals surface area (Å²) in [5.41, 5.74) is 6.14. The van der Waals surface area contributed by atoms with E-state index in [1.54, 1.807) is 59.5 Å². The number of primary amides is 1. The van der Waals surface area contributed by atoms with Gasteiger partial charge < -0.3 is 16.0 Å². The molecule has 2 amide bonds. The van der Waals surface area contributed by atoms with E-state index in [2.05, 4.69) is 5.32 Å². The number of nitrogens with zero attached hydrogens (tertiary/aromatic N) is 2. The summed E-state index contributed by atoms with van der Waals surface area (Å²) in [7, 11) is -3.55. The molecular formula is C19H22N4O4S. The van der Waals surface area contributed by atoms with Gasteiger partial charge in [-0.05, 0) is 24.3 Å². The van der Waals surface area contributed by atoms with Crippen LogP contribution >= 0.6 is 0 Å². The third kappa shape index (κ3) is 4.32. The Morgan fingerprint density at radius 3 is 2.18 bits per heavy atom. The first-order valence-corrected chi connectivity index (χ1v) is 10.3. The van der Waals surface area contributed by atoms with E-state index in [1.165, 1.54) is 4.31 Å². The maximum Gasteiger partial charge on any atom is 0.250 e. The Bertz CT molecular complexity index is 955. The molecule has 3 N–H and O–H groups in total. The van der Waals surface area contributed by atoms with Gasteiger partial charge in [-0.3, -0.25) is 9.59 Å². The van der Waals surface area contributed by atoms with Gasteiger partial charge in [-0.15, -0.1) is 0 Å². The highest BCUT2D eigenvalue weighted by Crippen LogP contribution is 2.18. The molecule has 0 saturated carbocycles. The van der Waals surface area contributed by atoms with E-state index in [1.807, 2.05) is 0 Å². The lowest BCUT2D eigenvalue weighted by molar-refractivity contribution is -0.130. The Labute approximate surface area is 164 Å². The van der Waals surface area contributed by atoms with Gasteiger partial charge in [0.2, 0.25) is 15.9 Å². The summed E-state index contributed by atoms with van der Waals surface area (Å²) < 4.78 is 26.7. The molecule has 0 aliphatic carbocycles. The number of sulfonamides is 1. The SMILES string of the molecule is NC(=O)c1ccccc1NCC(=O)N1CCN(S(=O)(=O)c2ccccc2)CC1. The van der Waals surface area contributed by atoms with Crippen molar-refractivity contribution < 1.29 is 18.0 Å². The number of nitrogens with two attached hydrogens (primary N) is 1. The van der Waals surface area contributed by atoms with Crippen LogP contribution in [0.2, 0.25) is 0 Å². The quantitative estimate of drug-likeness (QED) is 0.740. The van der Waals surface area contributed by atoms with Crippen LogP contribution < -0.4 is 11.1 Å². The van der Waals surface area contributed by atoms with Gasteiger partial charge in [-0.2, -0.15) is 4.31 Å². The predicted molar refractivity (Wildman–Crippen MR) is 105 cm³/mol. The largest absolute Gasteiger partial charge is 0.376 e. The van der Waals surface area contributed by atoms with Crippen molar-refractivity contribution in [2.75, 3.05) is 38.0 Å². The lowest BCUT2D eigenvalue weighted by Gasteiger charge is -2.34.